The molecule has 4 aromatic rings. The maximum atomic E-state index is 13.6. The van der Waals surface area contributed by atoms with Crippen LogP contribution in [0.5, 0.6) is 0 Å². The third-order valence-corrected chi connectivity index (χ3v) is 7.89. The number of nitrogens with one attached hydrogen (secondary N) is 3. The zero-order chi connectivity index (χ0) is 27.5. The highest BCUT2D eigenvalue weighted by Gasteiger charge is 2.30. The number of fused-ring (bicyclic) bond motifs is 2. The highest BCUT2D eigenvalue weighted by Crippen LogP contribution is 2.26. The molecule has 0 aliphatic rings. The Balaban J connectivity index is 1.63. The van der Waals surface area contributed by atoms with E-state index in [2.05, 4.69) is 15.4 Å². The first-order valence-electron chi connectivity index (χ1n) is 12.2. The van der Waals surface area contributed by atoms with E-state index in [4.69, 9.17) is 5.73 Å². The van der Waals surface area contributed by atoms with Gasteiger partial charge in [-0.25, -0.2) is 8.42 Å². The number of amides is 2. The van der Waals surface area contributed by atoms with E-state index in [1.807, 2.05) is 72.1 Å². The lowest BCUT2D eigenvalue weighted by Gasteiger charge is -2.27. The third kappa shape index (κ3) is 6.96. The van der Waals surface area contributed by atoms with Gasteiger partial charge in [0, 0.05) is 17.5 Å². The molecule has 0 spiro atoms. The first-order valence-corrected chi connectivity index (χ1v) is 15.0. The monoisotopic (exact) mass is 552 g/mol. The van der Waals surface area contributed by atoms with Crippen LogP contribution < -0.4 is 21.1 Å². The first-order chi connectivity index (χ1) is 17.9. The normalized spacial score (nSPS) is 13.8. The van der Waals surface area contributed by atoms with Gasteiger partial charge < -0.3 is 16.4 Å². The van der Waals surface area contributed by atoms with Crippen LogP contribution in [-0.2, 0) is 32.5 Å². The Morgan fingerprint density at radius 1 is 0.895 bits per heavy atom. The molecule has 3 aromatic carbocycles. The molecular weight excluding hydrogens is 520 g/mol. The SMILES string of the molecule is CC(C)(N)C(=O)N[C@H](Cc1cccc2ccccc12)C(=O)N[C@H](Cc1csc2ccccc12)NS(C)(=O)=O. The minimum absolute atomic E-state index is 0.196. The molecule has 0 aliphatic heterocycles. The Kier molecular flexibility index (Phi) is 8.17. The molecule has 2 amide bonds. The largest absolute Gasteiger partial charge is 0.342 e. The van der Waals surface area contributed by atoms with Crippen LogP contribution in [0.1, 0.15) is 25.0 Å². The number of rotatable bonds is 10. The van der Waals surface area contributed by atoms with Gasteiger partial charge in [-0.05, 0) is 52.6 Å². The van der Waals surface area contributed by atoms with E-state index >= 15 is 0 Å². The van der Waals surface area contributed by atoms with Gasteiger partial charge in [-0.1, -0.05) is 60.7 Å². The number of benzene rings is 3. The lowest BCUT2D eigenvalue weighted by Crippen LogP contribution is -2.59. The molecule has 8 nitrogen and oxygen atoms in total. The Morgan fingerprint density at radius 3 is 2.26 bits per heavy atom. The smallest absolute Gasteiger partial charge is 0.244 e. The maximum Gasteiger partial charge on any atom is 0.244 e. The lowest BCUT2D eigenvalue weighted by atomic mass is 9.97. The summed E-state index contributed by atoms with van der Waals surface area (Å²) in [7, 11) is -3.65. The third-order valence-electron chi connectivity index (χ3n) is 6.17. The molecular formula is C28H32N4O4S2. The summed E-state index contributed by atoms with van der Waals surface area (Å²) in [4.78, 5) is 26.5. The van der Waals surface area contributed by atoms with Gasteiger partial charge >= 0.3 is 0 Å². The van der Waals surface area contributed by atoms with Crippen LogP contribution in [-0.4, -0.2) is 44.2 Å². The molecule has 0 unspecified atom stereocenters. The van der Waals surface area contributed by atoms with Crippen LogP contribution in [0.3, 0.4) is 0 Å². The van der Waals surface area contributed by atoms with Crippen molar-refractivity contribution < 1.29 is 18.0 Å². The van der Waals surface area contributed by atoms with Crippen LogP contribution in [0.4, 0.5) is 0 Å². The maximum absolute atomic E-state index is 13.6. The molecule has 0 saturated carbocycles. The first kappa shape index (κ1) is 27.7. The van der Waals surface area contributed by atoms with Crippen molar-refractivity contribution in [2.45, 2.75) is 44.4 Å². The fraction of sp³-hybridized carbons (Fsp3) is 0.286. The van der Waals surface area contributed by atoms with E-state index in [0.717, 1.165) is 38.2 Å². The van der Waals surface area contributed by atoms with Crippen LogP contribution in [0, 0.1) is 0 Å². The van der Waals surface area contributed by atoms with Crippen molar-refractivity contribution in [3.63, 3.8) is 0 Å². The summed E-state index contributed by atoms with van der Waals surface area (Å²) in [6.45, 7) is 3.12. The molecule has 200 valence electrons. The summed E-state index contributed by atoms with van der Waals surface area (Å²) in [5.41, 5.74) is 6.57. The second-order valence-electron chi connectivity index (χ2n) is 10.0. The Hall–Kier alpha value is -3.31. The summed E-state index contributed by atoms with van der Waals surface area (Å²) < 4.78 is 28.0. The topological polar surface area (TPSA) is 130 Å². The number of thiophene rings is 1. The fourth-order valence-electron chi connectivity index (χ4n) is 4.31. The van der Waals surface area contributed by atoms with E-state index in [-0.39, 0.29) is 12.8 Å². The van der Waals surface area contributed by atoms with Gasteiger partial charge in [-0.2, -0.15) is 4.72 Å². The molecule has 1 heterocycles. The van der Waals surface area contributed by atoms with E-state index < -0.39 is 39.6 Å². The van der Waals surface area contributed by atoms with Crippen LogP contribution in [0.25, 0.3) is 20.9 Å². The number of nitrogens with two attached hydrogens (primary N) is 1. The molecule has 0 radical (unpaired) electrons. The van der Waals surface area contributed by atoms with Crippen molar-refractivity contribution in [3.05, 3.63) is 83.2 Å². The van der Waals surface area contributed by atoms with E-state index in [1.54, 1.807) is 25.2 Å². The quantitative estimate of drug-likeness (QED) is 0.225. The average Bonchev–Trinajstić information content (AvgIpc) is 3.24. The van der Waals surface area contributed by atoms with Gasteiger partial charge in [0.05, 0.1) is 18.0 Å². The molecule has 5 N–H and O–H groups in total. The molecule has 0 fully saturated rings. The molecule has 0 saturated heterocycles. The fourth-order valence-corrected chi connectivity index (χ4v) is 5.94. The zero-order valence-electron chi connectivity index (χ0n) is 21.5. The number of carbonyl (C=O) groups is 2. The number of carbonyl (C=O) groups excluding carboxylic acids is 2. The number of hydrogen-bond acceptors (Lipinski definition) is 6. The van der Waals surface area contributed by atoms with Gasteiger partial charge in [0.1, 0.15) is 6.04 Å². The predicted molar refractivity (Wildman–Crippen MR) is 153 cm³/mol. The van der Waals surface area contributed by atoms with Gasteiger partial charge in [-0.15, -0.1) is 11.3 Å². The zero-order valence-corrected chi connectivity index (χ0v) is 23.2. The molecule has 1 aromatic heterocycles. The molecule has 2 atom stereocenters. The van der Waals surface area contributed by atoms with Crippen LogP contribution in [0.15, 0.2) is 72.1 Å². The second kappa shape index (κ2) is 11.2. The molecule has 0 aliphatic carbocycles. The highest BCUT2D eigenvalue weighted by molar-refractivity contribution is 7.88. The van der Waals surface area contributed by atoms with Crippen LogP contribution in [0.2, 0.25) is 0 Å². The van der Waals surface area contributed by atoms with Crippen molar-refractivity contribution in [2.75, 3.05) is 6.26 Å². The number of sulfonamides is 1. The summed E-state index contributed by atoms with van der Waals surface area (Å²) in [6, 6.07) is 20.4. The highest BCUT2D eigenvalue weighted by atomic mass is 32.2. The Labute approximate surface area is 226 Å². The van der Waals surface area contributed by atoms with Gasteiger partial charge in [0.15, 0.2) is 0 Å². The summed E-state index contributed by atoms with van der Waals surface area (Å²) in [5.74, 6) is -1.01. The molecule has 38 heavy (non-hydrogen) atoms. The standard InChI is InChI=1S/C28H32N4O4S2/c1-28(2,29)27(34)30-23(15-19-11-8-10-18-9-4-5-12-21(18)19)26(33)31-25(32-38(3,35)36)16-20-17-37-24-14-7-6-13-22(20)24/h4-14,17,23,25,32H,15-16,29H2,1-3H3,(H,30,34)(H,31,33)/t23-,25+/m1/s1. The average molecular weight is 553 g/mol. The Bertz CT molecular complexity index is 1570. The molecule has 0 bridgehead atoms. The van der Waals surface area contributed by atoms with Gasteiger partial charge in [0.2, 0.25) is 21.8 Å². The summed E-state index contributed by atoms with van der Waals surface area (Å²) in [6.07, 6.45) is 0.556. The predicted octanol–water partition coefficient (Wildman–Crippen LogP) is 3.05. The Morgan fingerprint density at radius 2 is 1.55 bits per heavy atom. The van der Waals surface area contributed by atoms with E-state index in [0.29, 0.717) is 0 Å². The number of hydrogen-bond donors (Lipinski definition) is 4. The molecule has 10 heteroatoms. The van der Waals surface area contributed by atoms with Crippen molar-refractivity contribution in [1.82, 2.24) is 15.4 Å². The minimum Gasteiger partial charge on any atom is -0.342 e. The second-order valence-corrected chi connectivity index (χ2v) is 12.7. The lowest BCUT2D eigenvalue weighted by molar-refractivity contribution is -0.131. The van der Waals surface area contributed by atoms with E-state index in [1.165, 1.54) is 0 Å². The van der Waals surface area contributed by atoms with Gasteiger partial charge in [-0.3, -0.25) is 9.59 Å². The van der Waals surface area contributed by atoms with Crippen molar-refractivity contribution in [2.24, 2.45) is 5.73 Å². The van der Waals surface area contributed by atoms with Crippen molar-refractivity contribution in [1.29, 1.82) is 0 Å². The summed E-state index contributed by atoms with van der Waals surface area (Å²) in [5, 5.41) is 10.5. The van der Waals surface area contributed by atoms with Gasteiger partial charge in [0.25, 0.3) is 0 Å². The minimum atomic E-state index is -3.65. The van der Waals surface area contributed by atoms with Crippen molar-refractivity contribution in [3.8, 4) is 0 Å². The molecule has 4 rings (SSSR count). The van der Waals surface area contributed by atoms with Crippen LogP contribution >= 0.6 is 11.3 Å². The summed E-state index contributed by atoms with van der Waals surface area (Å²) >= 11 is 1.55. The van der Waals surface area contributed by atoms with Crippen molar-refractivity contribution >= 4 is 54.0 Å². The van der Waals surface area contributed by atoms with E-state index in [9.17, 15) is 18.0 Å².